The van der Waals surface area contributed by atoms with Crippen molar-refractivity contribution in [3.8, 4) is 0 Å². The molecule has 1 aliphatic heterocycles. The van der Waals surface area contributed by atoms with Gasteiger partial charge in [-0.05, 0) is 12.3 Å². The highest BCUT2D eigenvalue weighted by Crippen LogP contribution is 2.16. The van der Waals surface area contributed by atoms with E-state index in [0.29, 0.717) is 32.2 Å². The molecule has 6 heteroatoms. The highest BCUT2D eigenvalue weighted by atomic mass is 32.1. The van der Waals surface area contributed by atoms with Crippen LogP contribution in [0.1, 0.15) is 25.3 Å². The molecule has 0 unspecified atom stereocenters. The van der Waals surface area contributed by atoms with E-state index in [1.165, 1.54) is 0 Å². The Morgan fingerprint density at radius 3 is 3.21 bits per heavy atom. The van der Waals surface area contributed by atoms with Crippen LogP contribution in [0.4, 0.5) is 4.79 Å². The van der Waals surface area contributed by atoms with Crippen LogP contribution in [0.25, 0.3) is 0 Å². The van der Waals surface area contributed by atoms with Crippen LogP contribution >= 0.6 is 11.3 Å². The lowest BCUT2D eigenvalue weighted by atomic mass is 10.0. The predicted octanol–water partition coefficient (Wildman–Crippen LogP) is 2.10. The summed E-state index contributed by atoms with van der Waals surface area (Å²) in [5, 5.41) is 5.78. The van der Waals surface area contributed by atoms with Crippen LogP contribution < -0.4 is 5.32 Å². The second kappa shape index (κ2) is 6.86. The molecule has 0 aliphatic carbocycles. The van der Waals surface area contributed by atoms with Gasteiger partial charge in [-0.2, -0.15) is 0 Å². The minimum absolute atomic E-state index is 0.0100. The van der Waals surface area contributed by atoms with E-state index >= 15 is 0 Å². The van der Waals surface area contributed by atoms with Gasteiger partial charge in [0, 0.05) is 18.1 Å². The van der Waals surface area contributed by atoms with E-state index in [0.717, 1.165) is 11.4 Å². The van der Waals surface area contributed by atoms with E-state index < -0.39 is 0 Å². The predicted molar refractivity (Wildman–Crippen MR) is 75.1 cm³/mol. The average Bonchev–Trinajstić information content (AvgIpc) is 2.89. The number of amides is 2. The molecule has 0 radical (unpaired) electrons. The molecular weight excluding hydrogens is 262 g/mol. The van der Waals surface area contributed by atoms with Crippen LogP contribution in [0.3, 0.4) is 0 Å². The van der Waals surface area contributed by atoms with Crippen molar-refractivity contribution in [1.82, 2.24) is 15.2 Å². The molecule has 1 aromatic heterocycles. The van der Waals surface area contributed by atoms with E-state index in [1.54, 1.807) is 17.5 Å². The van der Waals surface area contributed by atoms with Crippen molar-refractivity contribution in [2.75, 3.05) is 19.8 Å². The Balaban J connectivity index is 1.87. The molecule has 2 rings (SSSR count). The summed E-state index contributed by atoms with van der Waals surface area (Å²) in [5.41, 5.74) is 0. The topological polar surface area (TPSA) is 54.5 Å². The fraction of sp³-hybridized carbons (Fsp3) is 0.692. The maximum absolute atomic E-state index is 12.2. The molecule has 0 bridgehead atoms. The zero-order chi connectivity index (χ0) is 13.7. The summed E-state index contributed by atoms with van der Waals surface area (Å²) in [5.74, 6) is 0.556. The number of thiazole rings is 1. The highest BCUT2D eigenvalue weighted by molar-refractivity contribution is 7.09. The highest BCUT2D eigenvalue weighted by Gasteiger charge is 2.27. The number of carbonyl (C=O) groups is 1. The summed E-state index contributed by atoms with van der Waals surface area (Å²) in [6, 6.07) is 0.175. The molecule has 1 aromatic rings. The Morgan fingerprint density at radius 2 is 2.53 bits per heavy atom. The van der Waals surface area contributed by atoms with Crippen LogP contribution in [-0.4, -0.2) is 41.7 Å². The van der Waals surface area contributed by atoms with Crippen LogP contribution in [0, 0.1) is 5.92 Å². The average molecular weight is 283 g/mol. The summed E-state index contributed by atoms with van der Waals surface area (Å²) in [7, 11) is 0. The maximum atomic E-state index is 12.2. The normalized spacial score (nSPS) is 19.7. The Kier molecular flexibility index (Phi) is 5.15. The van der Waals surface area contributed by atoms with Gasteiger partial charge < -0.3 is 15.0 Å². The van der Waals surface area contributed by atoms with Gasteiger partial charge in [0.05, 0.1) is 25.8 Å². The van der Waals surface area contributed by atoms with E-state index in [9.17, 15) is 4.79 Å². The molecule has 2 heterocycles. The molecule has 2 amide bonds. The first kappa shape index (κ1) is 14.3. The van der Waals surface area contributed by atoms with E-state index in [1.807, 2.05) is 10.3 Å². The van der Waals surface area contributed by atoms with E-state index in [-0.39, 0.29) is 12.1 Å². The number of rotatable bonds is 4. The molecule has 5 nitrogen and oxygen atoms in total. The summed E-state index contributed by atoms with van der Waals surface area (Å²) < 4.78 is 5.48. The molecular formula is C13H21N3O2S. The maximum Gasteiger partial charge on any atom is 0.318 e. The van der Waals surface area contributed by atoms with Gasteiger partial charge >= 0.3 is 6.03 Å². The number of nitrogens with zero attached hydrogens (tertiary/aromatic N) is 2. The lowest BCUT2D eigenvalue weighted by molar-refractivity contribution is 0.00551. The molecule has 1 fully saturated rings. The number of urea groups is 1. The Bertz CT molecular complexity index is 395. The third kappa shape index (κ3) is 4.18. The second-order valence-corrected chi connectivity index (χ2v) is 6.12. The number of nitrogens with one attached hydrogen (secondary N) is 1. The Labute approximate surface area is 118 Å². The summed E-state index contributed by atoms with van der Waals surface area (Å²) in [4.78, 5) is 18.3. The fourth-order valence-electron chi connectivity index (χ4n) is 2.25. The minimum atomic E-state index is -0.0100. The molecule has 1 aliphatic rings. The zero-order valence-corrected chi connectivity index (χ0v) is 12.3. The van der Waals surface area contributed by atoms with Crippen LogP contribution in [0.15, 0.2) is 11.6 Å². The van der Waals surface area contributed by atoms with Gasteiger partial charge in [-0.1, -0.05) is 13.8 Å². The number of morpholine rings is 1. The lowest BCUT2D eigenvalue weighted by Crippen LogP contribution is -2.52. The number of hydrogen-bond acceptors (Lipinski definition) is 4. The van der Waals surface area contributed by atoms with Crippen molar-refractivity contribution < 1.29 is 9.53 Å². The first-order valence-electron chi connectivity index (χ1n) is 6.67. The van der Waals surface area contributed by atoms with Crippen LogP contribution in [0.5, 0.6) is 0 Å². The Hall–Kier alpha value is -1.14. The number of aromatic nitrogens is 1. The SMILES string of the molecule is CC(C)C[C@@H]1COCCN1C(=O)NCc1nccs1. The first-order valence-corrected chi connectivity index (χ1v) is 7.55. The molecule has 1 atom stereocenters. The van der Waals surface area contributed by atoms with Crippen molar-refractivity contribution >= 4 is 17.4 Å². The largest absolute Gasteiger partial charge is 0.377 e. The van der Waals surface area contributed by atoms with Crippen molar-refractivity contribution in [1.29, 1.82) is 0 Å². The van der Waals surface area contributed by atoms with E-state index in [2.05, 4.69) is 24.1 Å². The molecule has 0 saturated carbocycles. The quantitative estimate of drug-likeness (QED) is 0.920. The van der Waals surface area contributed by atoms with Gasteiger partial charge in [0.15, 0.2) is 0 Å². The van der Waals surface area contributed by atoms with Crippen molar-refractivity contribution in [3.63, 3.8) is 0 Å². The van der Waals surface area contributed by atoms with Crippen molar-refractivity contribution in [2.45, 2.75) is 32.9 Å². The van der Waals surface area contributed by atoms with Gasteiger partial charge in [0.25, 0.3) is 0 Å². The molecule has 106 valence electrons. The van der Waals surface area contributed by atoms with Gasteiger partial charge in [-0.15, -0.1) is 11.3 Å². The van der Waals surface area contributed by atoms with Crippen LogP contribution in [-0.2, 0) is 11.3 Å². The van der Waals surface area contributed by atoms with Crippen LogP contribution in [0.2, 0.25) is 0 Å². The fourth-order valence-corrected chi connectivity index (χ4v) is 2.81. The lowest BCUT2D eigenvalue weighted by Gasteiger charge is -2.36. The summed E-state index contributed by atoms with van der Waals surface area (Å²) >= 11 is 1.55. The van der Waals surface area contributed by atoms with Crippen molar-refractivity contribution in [2.24, 2.45) is 5.92 Å². The van der Waals surface area contributed by atoms with Gasteiger partial charge in [0.2, 0.25) is 0 Å². The first-order chi connectivity index (χ1) is 9.16. The van der Waals surface area contributed by atoms with Gasteiger partial charge in [-0.25, -0.2) is 9.78 Å². The Morgan fingerprint density at radius 1 is 1.68 bits per heavy atom. The summed E-state index contributed by atoms with van der Waals surface area (Å²) in [6.45, 7) is 6.77. The second-order valence-electron chi connectivity index (χ2n) is 5.14. The molecule has 19 heavy (non-hydrogen) atoms. The summed E-state index contributed by atoms with van der Waals surface area (Å²) in [6.07, 6.45) is 2.73. The molecule has 1 saturated heterocycles. The number of ether oxygens (including phenoxy) is 1. The standard InChI is InChI=1S/C13H21N3O2S/c1-10(2)7-11-9-18-5-4-16(11)13(17)15-8-12-14-3-6-19-12/h3,6,10-11H,4-5,7-9H2,1-2H3,(H,15,17)/t11-/m1/s1. The zero-order valence-electron chi connectivity index (χ0n) is 11.5. The molecule has 0 aromatic carbocycles. The monoisotopic (exact) mass is 283 g/mol. The molecule has 0 spiro atoms. The third-order valence-electron chi connectivity index (χ3n) is 3.11. The van der Waals surface area contributed by atoms with Gasteiger partial charge in [-0.3, -0.25) is 0 Å². The molecule has 1 N–H and O–H groups in total. The van der Waals surface area contributed by atoms with Gasteiger partial charge in [0.1, 0.15) is 5.01 Å². The van der Waals surface area contributed by atoms with Crippen molar-refractivity contribution in [3.05, 3.63) is 16.6 Å². The smallest absolute Gasteiger partial charge is 0.318 e. The van der Waals surface area contributed by atoms with E-state index in [4.69, 9.17) is 4.74 Å². The third-order valence-corrected chi connectivity index (χ3v) is 3.89. The number of hydrogen-bond donors (Lipinski definition) is 1. The number of carbonyl (C=O) groups excluding carboxylic acids is 1. The minimum Gasteiger partial charge on any atom is -0.377 e.